The number of thiophene rings is 1. The minimum atomic E-state index is -4.15. The maximum atomic E-state index is 12.5. The first-order chi connectivity index (χ1) is 6.00. The summed E-state index contributed by atoms with van der Waals surface area (Å²) in [6.07, 6.45) is -1.84. The molecule has 0 N–H and O–H groups in total. The lowest BCUT2D eigenvalue weighted by Crippen LogP contribution is -2.04. The Morgan fingerprint density at radius 1 is 1.15 bits per heavy atom. The van der Waals surface area contributed by atoms with Gasteiger partial charge in [-0.3, -0.25) is 0 Å². The molecule has 1 aromatic heterocycles. The largest absolute Gasteiger partial charge is 0.425 e. The standard InChI is InChI=1S/C9H9F3S/c1-5-6-3-2-4-7(6)8(13-5)9(10,11)12/h2-4H2,1H3. The maximum absolute atomic E-state index is 12.5. The number of hydrogen-bond acceptors (Lipinski definition) is 1. The van der Waals surface area contributed by atoms with E-state index in [0.29, 0.717) is 12.0 Å². The molecule has 1 aromatic rings. The van der Waals surface area contributed by atoms with Gasteiger partial charge in [-0.25, -0.2) is 0 Å². The van der Waals surface area contributed by atoms with Crippen molar-refractivity contribution in [1.29, 1.82) is 0 Å². The summed E-state index contributed by atoms with van der Waals surface area (Å²) in [6, 6.07) is 0. The molecule has 0 spiro atoms. The van der Waals surface area contributed by atoms with E-state index in [4.69, 9.17) is 0 Å². The third-order valence-corrected chi connectivity index (χ3v) is 3.66. The second-order valence-electron chi connectivity index (χ2n) is 3.30. The fraction of sp³-hybridized carbons (Fsp3) is 0.556. The fourth-order valence-electron chi connectivity index (χ4n) is 1.89. The summed E-state index contributed by atoms with van der Waals surface area (Å²) in [5.41, 5.74) is 1.52. The van der Waals surface area contributed by atoms with Crippen LogP contribution in [0.4, 0.5) is 13.2 Å². The molecule has 13 heavy (non-hydrogen) atoms. The second kappa shape index (κ2) is 2.74. The molecule has 0 saturated heterocycles. The summed E-state index contributed by atoms with van der Waals surface area (Å²) in [5, 5.41) is 0. The number of rotatable bonds is 0. The number of fused-ring (bicyclic) bond motifs is 1. The van der Waals surface area contributed by atoms with Crippen LogP contribution < -0.4 is 0 Å². The highest BCUT2D eigenvalue weighted by atomic mass is 32.1. The van der Waals surface area contributed by atoms with E-state index in [1.165, 1.54) is 0 Å². The molecule has 1 heterocycles. The van der Waals surface area contributed by atoms with Gasteiger partial charge in [0.25, 0.3) is 0 Å². The Kier molecular flexibility index (Phi) is 1.91. The third kappa shape index (κ3) is 1.37. The lowest BCUT2D eigenvalue weighted by Gasteiger charge is -2.04. The zero-order valence-electron chi connectivity index (χ0n) is 7.16. The molecule has 1 aliphatic carbocycles. The van der Waals surface area contributed by atoms with Gasteiger partial charge in [0.15, 0.2) is 0 Å². The van der Waals surface area contributed by atoms with E-state index in [2.05, 4.69) is 0 Å². The summed E-state index contributed by atoms with van der Waals surface area (Å²) in [7, 11) is 0. The summed E-state index contributed by atoms with van der Waals surface area (Å²) in [5.74, 6) is 0. The molecule has 0 fully saturated rings. The topological polar surface area (TPSA) is 0 Å². The maximum Gasteiger partial charge on any atom is 0.425 e. The van der Waals surface area contributed by atoms with Gasteiger partial charge in [-0.15, -0.1) is 11.3 Å². The summed E-state index contributed by atoms with van der Waals surface area (Å²) in [4.78, 5) is 0.484. The fourth-order valence-corrected chi connectivity index (χ4v) is 3.01. The predicted molar refractivity (Wildman–Crippen MR) is 46.1 cm³/mol. The van der Waals surface area contributed by atoms with E-state index in [1.807, 2.05) is 0 Å². The first-order valence-corrected chi connectivity index (χ1v) is 5.00. The lowest BCUT2D eigenvalue weighted by molar-refractivity contribution is -0.134. The van der Waals surface area contributed by atoms with E-state index in [0.717, 1.165) is 34.6 Å². The Labute approximate surface area is 78.4 Å². The molecule has 0 nitrogen and oxygen atoms in total. The van der Waals surface area contributed by atoms with Crippen LogP contribution in [0.25, 0.3) is 0 Å². The van der Waals surface area contributed by atoms with Crippen molar-refractivity contribution in [3.63, 3.8) is 0 Å². The smallest absolute Gasteiger partial charge is 0.165 e. The number of hydrogen-bond donors (Lipinski definition) is 0. The molecule has 0 radical (unpaired) electrons. The minimum absolute atomic E-state index is 0.363. The highest BCUT2D eigenvalue weighted by Gasteiger charge is 2.38. The Hall–Kier alpha value is -0.510. The summed E-state index contributed by atoms with van der Waals surface area (Å²) >= 11 is 0.899. The lowest BCUT2D eigenvalue weighted by atomic mass is 10.1. The normalized spacial score (nSPS) is 16.3. The molecule has 2 rings (SSSR count). The summed E-state index contributed by atoms with van der Waals surface area (Å²) < 4.78 is 37.4. The molecule has 0 saturated carbocycles. The van der Waals surface area contributed by atoms with Crippen LogP contribution in [0.5, 0.6) is 0 Å². The first kappa shape index (κ1) is 9.06. The zero-order valence-corrected chi connectivity index (χ0v) is 7.98. The van der Waals surface area contributed by atoms with E-state index in [1.54, 1.807) is 6.92 Å². The van der Waals surface area contributed by atoms with Crippen molar-refractivity contribution < 1.29 is 13.2 Å². The number of halogens is 3. The Balaban J connectivity index is 2.55. The minimum Gasteiger partial charge on any atom is -0.165 e. The van der Waals surface area contributed by atoms with Gasteiger partial charge in [0.1, 0.15) is 4.88 Å². The van der Waals surface area contributed by atoms with Crippen LogP contribution in [0.15, 0.2) is 0 Å². The Morgan fingerprint density at radius 2 is 1.77 bits per heavy atom. The first-order valence-electron chi connectivity index (χ1n) is 4.18. The van der Waals surface area contributed by atoms with E-state index >= 15 is 0 Å². The average Bonchev–Trinajstić information content (AvgIpc) is 2.51. The Morgan fingerprint density at radius 3 is 2.38 bits per heavy atom. The van der Waals surface area contributed by atoms with Gasteiger partial charge < -0.3 is 0 Å². The summed E-state index contributed by atoms with van der Waals surface area (Å²) in [6.45, 7) is 1.78. The molecule has 4 heteroatoms. The molecule has 72 valence electrons. The van der Waals surface area contributed by atoms with Crippen molar-refractivity contribution in [3.05, 3.63) is 20.9 Å². The van der Waals surface area contributed by atoms with Crippen LogP contribution in [0, 0.1) is 6.92 Å². The third-order valence-electron chi connectivity index (χ3n) is 2.43. The van der Waals surface area contributed by atoms with Gasteiger partial charge in [-0.05, 0) is 37.3 Å². The van der Waals surface area contributed by atoms with Crippen molar-refractivity contribution >= 4 is 11.3 Å². The van der Waals surface area contributed by atoms with E-state index in [9.17, 15) is 13.2 Å². The van der Waals surface area contributed by atoms with Crippen LogP contribution in [0.3, 0.4) is 0 Å². The molecule has 1 aliphatic rings. The second-order valence-corrected chi connectivity index (χ2v) is 4.52. The van der Waals surface area contributed by atoms with Gasteiger partial charge >= 0.3 is 6.18 Å². The van der Waals surface area contributed by atoms with Crippen molar-refractivity contribution in [1.82, 2.24) is 0 Å². The van der Waals surface area contributed by atoms with Gasteiger partial charge in [0, 0.05) is 4.88 Å². The molecule has 0 bridgehead atoms. The SMILES string of the molecule is Cc1sc(C(F)(F)F)c2c1CCC2. The van der Waals surface area contributed by atoms with Crippen LogP contribution in [0.1, 0.15) is 27.3 Å². The van der Waals surface area contributed by atoms with E-state index < -0.39 is 6.18 Å². The Bertz CT molecular complexity index is 335. The highest BCUT2D eigenvalue weighted by Crippen LogP contribution is 2.43. The van der Waals surface area contributed by atoms with Crippen molar-refractivity contribution in [2.75, 3.05) is 0 Å². The van der Waals surface area contributed by atoms with Gasteiger partial charge in [-0.2, -0.15) is 13.2 Å². The molecule has 0 aromatic carbocycles. The number of alkyl halides is 3. The number of aryl methyl sites for hydroxylation is 1. The van der Waals surface area contributed by atoms with Crippen LogP contribution in [-0.4, -0.2) is 0 Å². The van der Waals surface area contributed by atoms with Crippen molar-refractivity contribution in [2.24, 2.45) is 0 Å². The van der Waals surface area contributed by atoms with Crippen LogP contribution in [-0.2, 0) is 19.0 Å². The van der Waals surface area contributed by atoms with Gasteiger partial charge in [-0.1, -0.05) is 0 Å². The van der Waals surface area contributed by atoms with Crippen LogP contribution >= 0.6 is 11.3 Å². The molecule has 0 amide bonds. The predicted octanol–water partition coefficient (Wildman–Crippen LogP) is 3.56. The van der Waals surface area contributed by atoms with Gasteiger partial charge in [0.2, 0.25) is 0 Å². The molecular formula is C9H9F3S. The molecule has 0 atom stereocenters. The van der Waals surface area contributed by atoms with Crippen molar-refractivity contribution in [2.45, 2.75) is 32.4 Å². The molecule has 0 unspecified atom stereocenters. The van der Waals surface area contributed by atoms with Crippen LogP contribution in [0.2, 0.25) is 0 Å². The quantitative estimate of drug-likeness (QED) is 0.608. The monoisotopic (exact) mass is 206 g/mol. The van der Waals surface area contributed by atoms with E-state index in [-0.39, 0.29) is 4.88 Å². The average molecular weight is 206 g/mol. The molecular weight excluding hydrogens is 197 g/mol. The molecule has 0 aliphatic heterocycles. The van der Waals surface area contributed by atoms with Gasteiger partial charge in [0.05, 0.1) is 0 Å². The highest BCUT2D eigenvalue weighted by molar-refractivity contribution is 7.12. The zero-order chi connectivity index (χ0) is 9.64. The van der Waals surface area contributed by atoms with Crippen molar-refractivity contribution in [3.8, 4) is 0 Å².